The fourth-order valence-corrected chi connectivity index (χ4v) is 1.31. The number of nitrogens with two attached hydrogens (primary N) is 1. The monoisotopic (exact) mass is 192 g/mol. The number of carbonyl (C=O) groups excluding carboxylic acids is 1. The summed E-state index contributed by atoms with van der Waals surface area (Å²) in [6.45, 7) is 1.80. The summed E-state index contributed by atoms with van der Waals surface area (Å²) >= 11 is 0. The maximum atomic E-state index is 11.2. The summed E-state index contributed by atoms with van der Waals surface area (Å²) in [7, 11) is 0. The summed E-state index contributed by atoms with van der Waals surface area (Å²) in [5, 5.41) is 0. The van der Waals surface area contributed by atoms with E-state index in [1.165, 1.54) is 0 Å². The summed E-state index contributed by atoms with van der Waals surface area (Å²) in [4.78, 5) is 15.1. The molecule has 0 bridgehead atoms. The van der Waals surface area contributed by atoms with Gasteiger partial charge in [-0.3, -0.25) is 9.78 Å². The molecule has 4 nitrogen and oxygen atoms in total. The molecular formula is C10H12N2O2. The van der Waals surface area contributed by atoms with Crippen molar-refractivity contribution in [2.45, 2.75) is 25.9 Å². The zero-order chi connectivity index (χ0) is 10.1. The molecule has 0 radical (unpaired) electrons. The van der Waals surface area contributed by atoms with Crippen LogP contribution in [-0.2, 0) is 0 Å². The molecule has 1 aliphatic rings. The largest absolute Gasteiger partial charge is 0.488 e. The highest BCUT2D eigenvalue weighted by Crippen LogP contribution is 2.29. The van der Waals surface area contributed by atoms with Gasteiger partial charge >= 0.3 is 0 Å². The first-order chi connectivity index (χ1) is 6.68. The molecule has 1 aliphatic carbocycles. The SMILES string of the molecule is Cc1cncc(OC2CC2)c1C(N)=O. The van der Waals surface area contributed by atoms with Crippen LogP contribution in [0.2, 0.25) is 0 Å². The van der Waals surface area contributed by atoms with Gasteiger partial charge in [-0.1, -0.05) is 0 Å². The molecule has 2 rings (SSSR count). The fourth-order valence-electron chi connectivity index (χ4n) is 1.31. The minimum Gasteiger partial charge on any atom is -0.488 e. The molecular weight excluding hydrogens is 180 g/mol. The van der Waals surface area contributed by atoms with Gasteiger partial charge in [0.2, 0.25) is 0 Å². The highest BCUT2D eigenvalue weighted by atomic mass is 16.5. The Morgan fingerprint density at radius 3 is 2.86 bits per heavy atom. The maximum Gasteiger partial charge on any atom is 0.252 e. The number of amides is 1. The average molecular weight is 192 g/mol. The van der Waals surface area contributed by atoms with E-state index in [1.54, 1.807) is 19.3 Å². The molecule has 0 spiro atoms. The summed E-state index contributed by atoms with van der Waals surface area (Å²) in [5.41, 5.74) is 6.48. The second kappa shape index (κ2) is 3.29. The lowest BCUT2D eigenvalue weighted by Gasteiger charge is -2.09. The molecule has 4 heteroatoms. The van der Waals surface area contributed by atoms with Crippen LogP contribution >= 0.6 is 0 Å². The zero-order valence-electron chi connectivity index (χ0n) is 7.99. The van der Waals surface area contributed by atoms with Crippen molar-refractivity contribution in [3.8, 4) is 5.75 Å². The third-order valence-corrected chi connectivity index (χ3v) is 2.17. The molecule has 14 heavy (non-hydrogen) atoms. The number of carbonyl (C=O) groups is 1. The molecule has 1 heterocycles. The Hall–Kier alpha value is -1.58. The molecule has 1 amide bonds. The van der Waals surface area contributed by atoms with E-state index in [1.807, 2.05) is 0 Å². The number of aryl methyl sites for hydroxylation is 1. The van der Waals surface area contributed by atoms with Crippen LogP contribution in [0.15, 0.2) is 12.4 Å². The fraction of sp³-hybridized carbons (Fsp3) is 0.400. The second-order valence-electron chi connectivity index (χ2n) is 3.51. The van der Waals surface area contributed by atoms with Crippen molar-refractivity contribution >= 4 is 5.91 Å². The molecule has 1 saturated carbocycles. The molecule has 0 atom stereocenters. The quantitative estimate of drug-likeness (QED) is 0.777. The number of rotatable bonds is 3. The normalized spacial score (nSPS) is 15.2. The Kier molecular flexibility index (Phi) is 2.11. The number of ether oxygens (including phenoxy) is 1. The van der Waals surface area contributed by atoms with Crippen LogP contribution in [0, 0.1) is 6.92 Å². The van der Waals surface area contributed by atoms with E-state index >= 15 is 0 Å². The van der Waals surface area contributed by atoms with Crippen molar-refractivity contribution < 1.29 is 9.53 Å². The minimum atomic E-state index is -0.458. The number of nitrogens with zero attached hydrogens (tertiary/aromatic N) is 1. The van der Waals surface area contributed by atoms with Gasteiger partial charge in [0, 0.05) is 6.20 Å². The molecule has 74 valence electrons. The minimum absolute atomic E-state index is 0.247. The van der Waals surface area contributed by atoms with Gasteiger partial charge in [-0.25, -0.2) is 0 Å². The van der Waals surface area contributed by atoms with Gasteiger partial charge < -0.3 is 10.5 Å². The summed E-state index contributed by atoms with van der Waals surface area (Å²) in [6, 6.07) is 0. The van der Waals surface area contributed by atoms with Gasteiger partial charge in [0.25, 0.3) is 5.91 Å². The van der Waals surface area contributed by atoms with Crippen LogP contribution in [0.5, 0.6) is 5.75 Å². The Morgan fingerprint density at radius 2 is 2.29 bits per heavy atom. The standard InChI is InChI=1S/C10H12N2O2/c1-6-4-12-5-8(9(6)10(11)13)14-7-2-3-7/h4-5,7H,2-3H2,1H3,(H2,11,13). The predicted octanol–water partition coefficient (Wildman–Crippen LogP) is 1.03. The first-order valence-corrected chi connectivity index (χ1v) is 4.59. The van der Waals surface area contributed by atoms with Gasteiger partial charge in [0.05, 0.1) is 17.9 Å². The maximum absolute atomic E-state index is 11.2. The van der Waals surface area contributed by atoms with E-state index in [0.717, 1.165) is 18.4 Å². The van der Waals surface area contributed by atoms with E-state index < -0.39 is 5.91 Å². The van der Waals surface area contributed by atoms with E-state index in [4.69, 9.17) is 10.5 Å². The molecule has 1 fully saturated rings. The lowest BCUT2D eigenvalue weighted by molar-refractivity contribution is 0.0995. The first-order valence-electron chi connectivity index (χ1n) is 4.59. The number of pyridine rings is 1. The number of aromatic nitrogens is 1. The average Bonchev–Trinajstić information content (AvgIpc) is 2.87. The Balaban J connectivity index is 2.35. The lowest BCUT2D eigenvalue weighted by atomic mass is 10.1. The number of hydrogen-bond acceptors (Lipinski definition) is 3. The van der Waals surface area contributed by atoms with Crippen LogP contribution < -0.4 is 10.5 Å². The van der Waals surface area contributed by atoms with Crippen molar-refractivity contribution in [3.05, 3.63) is 23.5 Å². The van der Waals surface area contributed by atoms with E-state index in [9.17, 15) is 4.79 Å². The molecule has 0 saturated heterocycles. The van der Waals surface area contributed by atoms with Gasteiger partial charge in [0.15, 0.2) is 5.75 Å². The third kappa shape index (κ3) is 1.69. The van der Waals surface area contributed by atoms with E-state index in [-0.39, 0.29) is 6.10 Å². The molecule has 1 aromatic rings. The molecule has 2 N–H and O–H groups in total. The summed E-state index contributed by atoms with van der Waals surface area (Å²) < 4.78 is 5.54. The van der Waals surface area contributed by atoms with Gasteiger partial charge in [-0.2, -0.15) is 0 Å². The molecule has 0 aliphatic heterocycles. The summed E-state index contributed by atoms with van der Waals surface area (Å²) in [6.07, 6.45) is 5.50. The Bertz CT molecular complexity index is 372. The second-order valence-corrected chi connectivity index (χ2v) is 3.51. The summed E-state index contributed by atoms with van der Waals surface area (Å²) in [5.74, 6) is 0.0561. The van der Waals surface area contributed by atoms with Gasteiger partial charge in [0.1, 0.15) is 0 Å². The van der Waals surface area contributed by atoms with E-state index in [2.05, 4.69) is 4.98 Å². The van der Waals surface area contributed by atoms with Gasteiger partial charge in [-0.15, -0.1) is 0 Å². The zero-order valence-corrected chi connectivity index (χ0v) is 7.99. The van der Waals surface area contributed by atoms with Crippen LogP contribution in [0.1, 0.15) is 28.8 Å². The van der Waals surface area contributed by atoms with Crippen molar-refractivity contribution in [3.63, 3.8) is 0 Å². The van der Waals surface area contributed by atoms with Crippen molar-refractivity contribution in [2.75, 3.05) is 0 Å². The predicted molar refractivity (Wildman–Crippen MR) is 51.1 cm³/mol. The van der Waals surface area contributed by atoms with Crippen LogP contribution in [0.4, 0.5) is 0 Å². The smallest absolute Gasteiger partial charge is 0.252 e. The van der Waals surface area contributed by atoms with Crippen molar-refractivity contribution in [1.82, 2.24) is 4.98 Å². The van der Waals surface area contributed by atoms with Gasteiger partial charge in [-0.05, 0) is 25.3 Å². The topological polar surface area (TPSA) is 65.2 Å². The third-order valence-electron chi connectivity index (χ3n) is 2.17. The van der Waals surface area contributed by atoms with Crippen LogP contribution in [0.3, 0.4) is 0 Å². The highest BCUT2D eigenvalue weighted by Gasteiger charge is 2.26. The molecule has 0 unspecified atom stereocenters. The molecule has 1 aromatic heterocycles. The number of hydrogen-bond donors (Lipinski definition) is 1. The molecule has 0 aromatic carbocycles. The van der Waals surface area contributed by atoms with Crippen molar-refractivity contribution in [2.24, 2.45) is 5.73 Å². The lowest BCUT2D eigenvalue weighted by Crippen LogP contribution is -2.15. The van der Waals surface area contributed by atoms with Crippen LogP contribution in [0.25, 0.3) is 0 Å². The van der Waals surface area contributed by atoms with Crippen molar-refractivity contribution in [1.29, 1.82) is 0 Å². The Morgan fingerprint density at radius 1 is 1.57 bits per heavy atom. The highest BCUT2D eigenvalue weighted by molar-refractivity contribution is 5.96. The van der Waals surface area contributed by atoms with E-state index in [0.29, 0.717) is 11.3 Å². The van der Waals surface area contributed by atoms with Crippen LogP contribution in [-0.4, -0.2) is 17.0 Å². The number of primary amides is 1. The first kappa shape index (κ1) is 8.99. The Labute approximate surface area is 82.1 Å².